The van der Waals surface area contributed by atoms with E-state index in [2.05, 4.69) is 41.0 Å². The van der Waals surface area contributed by atoms with Crippen LogP contribution in [-0.2, 0) is 11.3 Å². The largest absolute Gasteiger partial charge is 0.300 e. The Morgan fingerprint density at radius 2 is 2.00 bits per heavy atom. The van der Waals surface area contributed by atoms with Gasteiger partial charge in [-0.25, -0.2) is 0 Å². The van der Waals surface area contributed by atoms with Crippen molar-refractivity contribution in [2.75, 3.05) is 26.2 Å². The first-order chi connectivity index (χ1) is 9.70. The fourth-order valence-corrected chi connectivity index (χ4v) is 2.85. The molecule has 0 aromatic heterocycles. The quantitative estimate of drug-likeness (QED) is 0.796. The predicted octanol–water partition coefficient (Wildman–Crippen LogP) is 2.56. The van der Waals surface area contributed by atoms with Gasteiger partial charge >= 0.3 is 0 Å². The summed E-state index contributed by atoms with van der Waals surface area (Å²) in [6.07, 6.45) is 2.44. The predicted molar refractivity (Wildman–Crippen MR) is 82.7 cm³/mol. The summed E-state index contributed by atoms with van der Waals surface area (Å²) in [6.45, 7) is 8.91. The van der Waals surface area contributed by atoms with Gasteiger partial charge in [0.25, 0.3) is 0 Å². The van der Waals surface area contributed by atoms with Gasteiger partial charge in [0.15, 0.2) is 0 Å². The van der Waals surface area contributed by atoms with Crippen LogP contribution in [0.2, 0.25) is 0 Å². The van der Waals surface area contributed by atoms with Gasteiger partial charge in [-0.15, -0.1) is 0 Å². The number of carbonyl (C=O) groups is 1. The van der Waals surface area contributed by atoms with Crippen LogP contribution in [0.15, 0.2) is 30.3 Å². The van der Waals surface area contributed by atoms with Gasteiger partial charge in [-0.05, 0) is 25.5 Å². The second-order valence-electron chi connectivity index (χ2n) is 5.74. The maximum absolute atomic E-state index is 12.0. The Labute approximate surface area is 122 Å². The van der Waals surface area contributed by atoms with Crippen molar-refractivity contribution in [3.05, 3.63) is 35.9 Å². The number of nitrogens with zero attached hydrogens (tertiary/aromatic N) is 2. The fraction of sp³-hybridized carbons (Fsp3) is 0.588. The molecule has 0 bridgehead atoms. The van der Waals surface area contributed by atoms with E-state index in [-0.39, 0.29) is 6.04 Å². The van der Waals surface area contributed by atoms with Crippen LogP contribution in [0.25, 0.3) is 0 Å². The SMILES string of the molecule is CCCCN1CCN(Cc2ccccc2)[C@@H](C(C)=O)C1. The van der Waals surface area contributed by atoms with E-state index in [1.807, 2.05) is 6.07 Å². The molecule has 20 heavy (non-hydrogen) atoms. The first kappa shape index (κ1) is 15.2. The maximum atomic E-state index is 12.0. The summed E-state index contributed by atoms with van der Waals surface area (Å²) in [4.78, 5) is 16.7. The second kappa shape index (κ2) is 7.55. The molecule has 0 amide bonds. The summed E-state index contributed by atoms with van der Waals surface area (Å²) < 4.78 is 0. The molecule has 0 spiro atoms. The minimum Gasteiger partial charge on any atom is -0.300 e. The number of hydrogen-bond acceptors (Lipinski definition) is 3. The Morgan fingerprint density at radius 3 is 2.65 bits per heavy atom. The van der Waals surface area contributed by atoms with Gasteiger partial charge in [0, 0.05) is 26.2 Å². The van der Waals surface area contributed by atoms with E-state index >= 15 is 0 Å². The van der Waals surface area contributed by atoms with Crippen LogP contribution in [0, 0.1) is 0 Å². The number of ketones is 1. The molecule has 2 rings (SSSR count). The first-order valence-corrected chi connectivity index (χ1v) is 7.71. The molecule has 0 N–H and O–H groups in total. The third kappa shape index (κ3) is 4.15. The summed E-state index contributed by atoms with van der Waals surface area (Å²) in [6, 6.07) is 10.5. The van der Waals surface area contributed by atoms with E-state index in [1.54, 1.807) is 6.92 Å². The van der Waals surface area contributed by atoms with Crippen LogP contribution >= 0.6 is 0 Å². The standard InChI is InChI=1S/C17H26N2O/c1-3-4-10-18-11-12-19(17(14-18)15(2)20)13-16-8-6-5-7-9-16/h5-9,17H,3-4,10-14H2,1-2H3/t17-/m1/s1. The Kier molecular flexibility index (Phi) is 5.74. The van der Waals surface area contributed by atoms with E-state index in [1.165, 1.54) is 18.4 Å². The summed E-state index contributed by atoms with van der Waals surface area (Å²) >= 11 is 0. The molecular weight excluding hydrogens is 248 g/mol. The number of piperazine rings is 1. The van der Waals surface area contributed by atoms with Crippen LogP contribution in [0.1, 0.15) is 32.3 Å². The normalized spacial score (nSPS) is 21.0. The summed E-state index contributed by atoms with van der Waals surface area (Å²) in [7, 11) is 0. The van der Waals surface area contributed by atoms with Crippen LogP contribution in [0.4, 0.5) is 0 Å². The van der Waals surface area contributed by atoms with Crippen molar-refractivity contribution in [3.8, 4) is 0 Å². The van der Waals surface area contributed by atoms with Crippen LogP contribution in [0.3, 0.4) is 0 Å². The fourth-order valence-electron chi connectivity index (χ4n) is 2.85. The third-order valence-corrected chi connectivity index (χ3v) is 4.10. The minimum absolute atomic E-state index is 0.0563. The van der Waals surface area contributed by atoms with Crippen molar-refractivity contribution in [2.45, 2.75) is 39.3 Å². The zero-order valence-electron chi connectivity index (χ0n) is 12.7. The Morgan fingerprint density at radius 1 is 1.25 bits per heavy atom. The average Bonchev–Trinajstić information content (AvgIpc) is 2.47. The molecule has 1 heterocycles. The van der Waals surface area contributed by atoms with E-state index < -0.39 is 0 Å². The summed E-state index contributed by atoms with van der Waals surface area (Å²) in [5, 5.41) is 0. The van der Waals surface area contributed by atoms with Gasteiger partial charge in [-0.3, -0.25) is 9.69 Å². The number of Topliss-reactive ketones (excluding diaryl/α,β-unsaturated/α-hetero) is 1. The molecule has 110 valence electrons. The molecule has 3 heteroatoms. The molecule has 0 radical (unpaired) electrons. The number of benzene rings is 1. The molecule has 0 unspecified atom stereocenters. The molecular formula is C17H26N2O. The van der Waals surface area contributed by atoms with Gasteiger partial charge in [0.05, 0.1) is 6.04 Å². The molecule has 1 atom stereocenters. The van der Waals surface area contributed by atoms with E-state index in [4.69, 9.17) is 0 Å². The number of hydrogen-bond donors (Lipinski definition) is 0. The van der Waals surface area contributed by atoms with Crippen LogP contribution < -0.4 is 0 Å². The molecule has 1 aromatic rings. The summed E-state index contributed by atoms with van der Waals surface area (Å²) in [5.41, 5.74) is 1.29. The van der Waals surface area contributed by atoms with Gasteiger partial charge in [-0.2, -0.15) is 0 Å². The highest BCUT2D eigenvalue weighted by molar-refractivity contribution is 5.81. The average molecular weight is 274 g/mol. The Balaban J connectivity index is 1.97. The molecule has 1 saturated heterocycles. The number of unbranched alkanes of at least 4 members (excludes halogenated alkanes) is 1. The lowest BCUT2D eigenvalue weighted by Crippen LogP contribution is -2.55. The van der Waals surface area contributed by atoms with Crippen molar-refractivity contribution in [3.63, 3.8) is 0 Å². The second-order valence-corrected chi connectivity index (χ2v) is 5.74. The van der Waals surface area contributed by atoms with Crippen molar-refractivity contribution in [2.24, 2.45) is 0 Å². The van der Waals surface area contributed by atoms with Gasteiger partial charge in [0.1, 0.15) is 5.78 Å². The van der Waals surface area contributed by atoms with Crippen molar-refractivity contribution >= 4 is 5.78 Å². The highest BCUT2D eigenvalue weighted by Gasteiger charge is 2.29. The first-order valence-electron chi connectivity index (χ1n) is 7.71. The van der Waals surface area contributed by atoms with E-state index in [0.29, 0.717) is 5.78 Å². The minimum atomic E-state index is 0.0563. The molecule has 1 aliphatic heterocycles. The highest BCUT2D eigenvalue weighted by atomic mass is 16.1. The lowest BCUT2D eigenvalue weighted by molar-refractivity contribution is -0.124. The highest BCUT2D eigenvalue weighted by Crippen LogP contribution is 2.15. The van der Waals surface area contributed by atoms with E-state index in [0.717, 1.165) is 32.7 Å². The number of carbonyl (C=O) groups excluding carboxylic acids is 1. The lowest BCUT2D eigenvalue weighted by atomic mass is 10.1. The number of rotatable bonds is 6. The van der Waals surface area contributed by atoms with Gasteiger partial charge in [-0.1, -0.05) is 43.7 Å². The zero-order chi connectivity index (χ0) is 14.4. The molecule has 1 aliphatic rings. The molecule has 0 saturated carbocycles. The zero-order valence-corrected chi connectivity index (χ0v) is 12.7. The lowest BCUT2D eigenvalue weighted by Gasteiger charge is -2.40. The molecule has 1 fully saturated rings. The van der Waals surface area contributed by atoms with Crippen LogP contribution in [-0.4, -0.2) is 47.8 Å². The van der Waals surface area contributed by atoms with Crippen molar-refractivity contribution in [1.29, 1.82) is 0 Å². The third-order valence-electron chi connectivity index (χ3n) is 4.10. The maximum Gasteiger partial charge on any atom is 0.148 e. The monoisotopic (exact) mass is 274 g/mol. The Hall–Kier alpha value is -1.19. The van der Waals surface area contributed by atoms with Crippen molar-refractivity contribution in [1.82, 2.24) is 9.80 Å². The van der Waals surface area contributed by atoms with E-state index in [9.17, 15) is 4.79 Å². The molecule has 0 aliphatic carbocycles. The van der Waals surface area contributed by atoms with Gasteiger partial charge in [0.2, 0.25) is 0 Å². The topological polar surface area (TPSA) is 23.6 Å². The Bertz CT molecular complexity index is 418. The summed E-state index contributed by atoms with van der Waals surface area (Å²) in [5.74, 6) is 0.294. The van der Waals surface area contributed by atoms with Crippen LogP contribution in [0.5, 0.6) is 0 Å². The van der Waals surface area contributed by atoms with Gasteiger partial charge < -0.3 is 4.90 Å². The molecule has 3 nitrogen and oxygen atoms in total. The van der Waals surface area contributed by atoms with Crippen molar-refractivity contribution < 1.29 is 4.79 Å². The molecule has 1 aromatic carbocycles. The smallest absolute Gasteiger partial charge is 0.148 e.